The molecule has 0 unspecified atom stereocenters. The molecule has 0 atom stereocenters. The lowest BCUT2D eigenvalue weighted by molar-refractivity contribution is 0.472. The fourth-order valence-corrected chi connectivity index (χ4v) is 2.39. The van der Waals surface area contributed by atoms with Crippen LogP contribution in [0.5, 0.6) is 5.75 Å². The average molecular weight is 292 g/mol. The summed E-state index contributed by atoms with van der Waals surface area (Å²) < 4.78 is 1.83. The number of phenolic OH excluding ortho intramolecular Hbond substituents is 1. The maximum Gasteiger partial charge on any atom is 0.181 e. The number of anilines is 1. The standard InChI is InChI=1S/C7H5IN2OS/c8-3-1-6-4(2-5(3)11)10-7(9)12-6/h1-2,11H,(H2,9,10). The van der Waals surface area contributed by atoms with Gasteiger partial charge < -0.3 is 10.8 Å². The van der Waals surface area contributed by atoms with E-state index in [1.807, 2.05) is 6.07 Å². The molecule has 0 bridgehead atoms. The minimum Gasteiger partial charge on any atom is -0.507 e. The van der Waals surface area contributed by atoms with E-state index in [1.165, 1.54) is 11.3 Å². The number of nitrogens with two attached hydrogens (primary N) is 1. The molecule has 0 aliphatic rings. The molecule has 62 valence electrons. The second kappa shape index (κ2) is 2.74. The highest BCUT2D eigenvalue weighted by molar-refractivity contribution is 14.1. The molecule has 1 aromatic heterocycles. The summed E-state index contributed by atoms with van der Waals surface area (Å²) in [7, 11) is 0. The van der Waals surface area contributed by atoms with Crippen molar-refractivity contribution in [3.8, 4) is 5.75 Å². The Balaban J connectivity index is 2.83. The van der Waals surface area contributed by atoms with Crippen molar-refractivity contribution in [3.63, 3.8) is 0 Å². The van der Waals surface area contributed by atoms with Crippen molar-refractivity contribution in [1.82, 2.24) is 4.98 Å². The average Bonchev–Trinajstić information content (AvgIpc) is 2.30. The van der Waals surface area contributed by atoms with E-state index in [9.17, 15) is 5.11 Å². The second-order valence-electron chi connectivity index (χ2n) is 2.32. The van der Waals surface area contributed by atoms with E-state index in [0.717, 1.165) is 13.8 Å². The van der Waals surface area contributed by atoms with Gasteiger partial charge in [0.15, 0.2) is 5.13 Å². The Morgan fingerprint density at radius 3 is 3.00 bits per heavy atom. The van der Waals surface area contributed by atoms with E-state index in [-0.39, 0.29) is 5.75 Å². The van der Waals surface area contributed by atoms with E-state index in [2.05, 4.69) is 27.6 Å². The number of hydrogen-bond donors (Lipinski definition) is 2. The molecule has 0 saturated heterocycles. The summed E-state index contributed by atoms with van der Waals surface area (Å²) in [5, 5.41) is 9.88. The normalized spacial score (nSPS) is 10.8. The van der Waals surface area contributed by atoms with Crippen LogP contribution in [0.1, 0.15) is 0 Å². The highest BCUT2D eigenvalue weighted by Gasteiger charge is 2.04. The molecule has 12 heavy (non-hydrogen) atoms. The molecule has 0 saturated carbocycles. The van der Waals surface area contributed by atoms with Gasteiger partial charge in [-0.15, -0.1) is 0 Å². The van der Waals surface area contributed by atoms with Crippen molar-refractivity contribution in [1.29, 1.82) is 0 Å². The first kappa shape index (κ1) is 8.06. The predicted molar refractivity (Wildman–Crippen MR) is 58.4 cm³/mol. The third-order valence-corrected chi connectivity index (χ3v) is 3.18. The van der Waals surface area contributed by atoms with Crippen LogP contribution in [-0.2, 0) is 0 Å². The molecule has 1 heterocycles. The molecule has 5 heteroatoms. The molecular formula is C7H5IN2OS. The number of thiazole rings is 1. The quantitative estimate of drug-likeness (QED) is 0.732. The Labute approximate surface area is 86.4 Å². The summed E-state index contributed by atoms with van der Waals surface area (Å²) in [6.45, 7) is 0. The van der Waals surface area contributed by atoms with E-state index in [1.54, 1.807) is 6.07 Å². The molecule has 0 spiro atoms. The molecule has 3 N–H and O–H groups in total. The van der Waals surface area contributed by atoms with Crippen LogP contribution in [0.25, 0.3) is 10.2 Å². The van der Waals surface area contributed by atoms with Crippen molar-refractivity contribution in [2.24, 2.45) is 0 Å². The minimum atomic E-state index is 0.258. The Hall–Kier alpha value is -0.560. The first-order valence-electron chi connectivity index (χ1n) is 3.21. The van der Waals surface area contributed by atoms with Crippen molar-refractivity contribution in [2.45, 2.75) is 0 Å². The van der Waals surface area contributed by atoms with Crippen molar-refractivity contribution in [3.05, 3.63) is 15.7 Å². The van der Waals surface area contributed by atoms with Gasteiger partial charge in [0.1, 0.15) is 5.75 Å². The van der Waals surface area contributed by atoms with E-state index in [4.69, 9.17) is 5.73 Å². The van der Waals surface area contributed by atoms with E-state index >= 15 is 0 Å². The largest absolute Gasteiger partial charge is 0.507 e. The fourth-order valence-electron chi connectivity index (χ4n) is 0.956. The van der Waals surface area contributed by atoms with Crippen LogP contribution in [0, 0.1) is 3.57 Å². The van der Waals surface area contributed by atoms with Gasteiger partial charge >= 0.3 is 0 Å². The summed E-state index contributed by atoms with van der Waals surface area (Å²) >= 11 is 3.50. The van der Waals surface area contributed by atoms with Gasteiger partial charge in [-0.3, -0.25) is 0 Å². The summed E-state index contributed by atoms with van der Waals surface area (Å²) in [6.07, 6.45) is 0. The molecule has 0 aliphatic carbocycles. The monoisotopic (exact) mass is 292 g/mol. The second-order valence-corrected chi connectivity index (χ2v) is 4.55. The zero-order valence-corrected chi connectivity index (χ0v) is 8.89. The highest BCUT2D eigenvalue weighted by atomic mass is 127. The number of phenols is 1. The summed E-state index contributed by atoms with van der Waals surface area (Å²) in [5.41, 5.74) is 6.27. The number of aromatic hydroxyl groups is 1. The summed E-state index contributed by atoms with van der Waals surface area (Å²) in [6, 6.07) is 3.50. The number of aromatic nitrogens is 1. The van der Waals surface area contributed by atoms with Gasteiger partial charge in [0, 0.05) is 6.07 Å². The molecule has 0 fully saturated rings. The Morgan fingerprint density at radius 1 is 1.50 bits per heavy atom. The topological polar surface area (TPSA) is 59.1 Å². The van der Waals surface area contributed by atoms with Gasteiger partial charge in [-0.25, -0.2) is 4.98 Å². The maximum atomic E-state index is 9.34. The van der Waals surface area contributed by atoms with Crippen LogP contribution < -0.4 is 5.73 Å². The van der Waals surface area contributed by atoms with E-state index < -0.39 is 0 Å². The lowest BCUT2D eigenvalue weighted by atomic mass is 10.3. The first-order chi connectivity index (χ1) is 5.66. The SMILES string of the molecule is Nc1nc2cc(O)c(I)cc2s1. The van der Waals surface area contributed by atoms with Gasteiger partial charge in [0.05, 0.1) is 13.8 Å². The highest BCUT2D eigenvalue weighted by Crippen LogP contribution is 2.30. The summed E-state index contributed by atoms with van der Waals surface area (Å²) in [5.74, 6) is 0.258. The molecule has 2 aromatic rings. The van der Waals surface area contributed by atoms with Gasteiger partial charge in [-0.2, -0.15) is 0 Å². The number of hydrogen-bond acceptors (Lipinski definition) is 4. The minimum absolute atomic E-state index is 0.258. The Bertz CT molecular complexity index is 401. The predicted octanol–water partition coefficient (Wildman–Crippen LogP) is 2.19. The Kier molecular flexibility index (Phi) is 1.84. The summed E-state index contributed by atoms with van der Waals surface area (Å²) in [4.78, 5) is 4.05. The van der Waals surface area contributed by atoms with Gasteiger partial charge in [-0.1, -0.05) is 11.3 Å². The van der Waals surface area contributed by atoms with Crippen LogP contribution in [0.3, 0.4) is 0 Å². The number of fused-ring (bicyclic) bond motifs is 1. The third-order valence-electron chi connectivity index (χ3n) is 1.47. The first-order valence-corrected chi connectivity index (χ1v) is 5.11. The number of nitrogen functional groups attached to an aromatic ring is 1. The zero-order chi connectivity index (χ0) is 8.72. The third kappa shape index (κ3) is 1.22. The van der Waals surface area contributed by atoms with Crippen molar-refractivity contribution in [2.75, 3.05) is 5.73 Å². The van der Waals surface area contributed by atoms with Gasteiger partial charge in [0.25, 0.3) is 0 Å². The van der Waals surface area contributed by atoms with Gasteiger partial charge in [0.2, 0.25) is 0 Å². The van der Waals surface area contributed by atoms with Crippen molar-refractivity contribution < 1.29 is 5.11 Å². The van der Waals surface area contributed by atoms with Crippen molar-refractivity contribution >= 4 is 49.3 Å². The molecular weight excluding hydrogens is 287 g/mol. The number of halogens is 1. The van der Waals surface area contributed by atoms with Crippen LogP contribution in [0.4, 0.5) is 5.13 Å². The number of rotatable bonds is 0. The lowest BCUT2D eigenvalue weighted by Gasteiger charge is -1.94. The van der Waals surface area contributed by atoms with Gasteiger partial charge in [-0.05, 0) is 28.7 Å². The molecule has 3 nitrogen and oxygen atoms in total. The number of benzene rings is 1. The lowest BCUT2D eigenvalue weighted by Crippen LogP contribution is -1.79. The molecule has 0 amide bonds. The molecule has 1 aromatic carbocycles. The maximum absolute atomic E-state index is 9.34. The molecule has 2 rings (SSSR count). The Morgan fingerprint density at radius 2 is 2.25 bits per heavy atom. The van der Waals surface area contributed by atoms with Crippen LogP contribution in [0.2, 0.25) is 0 Å². The molecule has 0 radical (unpaired) electrons. The van der Waals surface area contributed by atoms with Crippen LogP contribution >= 0.6 is 33.9 Å². The van der Waals surface area contributed by atoms with Crippen LogP contribution in [-0.4, -0.2) is 10.1 Å². The fraction of sp³-hybridized carbons (Fsp3) is 0. The number of nitrogens with zero attached hydrogens (tertiary/aromatic N) is 1. The molecule has 0 aliphatic heterocycles. The smallest absolute Gasteiger partial charge is 0.181 e. The van der Waals surface area contributed by atoms with E-state index in [0.29, 0.717) is 5.13 Å². The van der Waals surface area contributed by atoms with Crippen LogP contribution in [0.15, 0.2) is 12.1 Å². The zero-order valence-electron chi connectivity index (χ0n) is 5.91.